The Labute approximate surface area is 118 Å². The zero-order valence-corrected chi connectivity index (χ0v) is 11.2. The second kappa shape index (κ2) is 9.23. The molecule has 0 unspecified atom stereocenters. The first kappa shape index (κ1) is 14.7. The minimum atomic E-state index is 0.409. The van der Waals surface area contributed by atoms with E-state index >= 15 is 0 Å². The third kappa shape index (κ3) is 5.95. The molecule has 0 spiro atoms. The Morgan fingerprint density at radius 2 is 0.950 bits per heavy atom. The molecule has 0 amide bonds. The van der Waals surface area contributed by atoms with Gasteiger partial charge in [-0.2, -0.15) is 0 Å². The van der Waals surface area contributed by atoms with Crippen LogP contribution in [0, 0.1) is 0 Å². The average molecular weight is 274 g/mol. The molecule has 0 aromatic heterocycles. The van der Waals surface area contributed by atoms with E-state index in [0.717, 1.165) is 12.8 Å². The summed E-state index contributed by atoms with van der Waals surface area (Å²) in [5.74, 6) is 0. The maximum absolute atomic E-state index is 4.84. The Morgan fingerprint density at radius 3 is 1.35 bits per heavy atom. The minimum absolute atomic E-state index is 0.409. The highest BCUT2D eigenvalue weighted by Gasteiger charge is 1.96. The van der Waals surface area contributed by atoms with Gasteiger partial charge in [0, 0.05) is 0 Å². The van der Waals surface area contributed by atoms with Crippen molar-refractivity contribution in [1.29, 1.82) is 0 Å². The quantitative estimate of drug-likeness (QED) is 0.399. The Morgan fingerprint density at radius 1 is 0.550 bits per heavy atom. The van der Waals surface area contributed by atoms with Gasteiger partial charge < -0.3 is 0 Å². The zero-order valence-electron chi connectivity index (χ0n) is 11.2. The standard InChI is InChI=1S/C16H18O4/c1-3-7-15(8-4-1)11-13-17-19-20-18-14-12-16-9-5-2-6-10-16/h1-10H,11-14H2. The van der Waals surface area contributed by atoms with Crippen LogP contribution in [0.3, 0.4) is 0 Å². The molecule has 0 heterocycles. The lowest BCUT2D eigenvalue weighted by atomic mass is 10.2. The minimum Gasteiger partial charge on any atom is -0.203 e. The summed E-state index contributed by atoms with van der Waals surface area (Å²) in [6, 6.07) is 20.0. The van der Waals surface area contributed by atoms with Crippen molar-refractivity contribution in [3.8, 4) is 0 Å². The van der Waals surface area contributed by atoms with Crippen molar-refractivity contribution in [1.82, 2.24) is 0 Å². The second-order valence-electron chi connectivity index (χ2n) is 4.25. The SMILES string of the molecule is c1ccc(CCOOOOCCc2ccccc2)cc1. The summed E-state index contributed by atoms with van der Waals surface area (Å²) in [6.45, 7) is 0.818. The molecule has 2 aromatic carbocycles. The summed E-state index contributed by atoms with van der Waals surface area (Å²) in [5, 5.41) is 8.94. The lowest BCUT2D eigenvalue weighted by Gasteiger charge is -2.03. The van der Waals surface area contributed by atoms with Gasteiger partial charge in [0.1, 0.15) is 0 Å². The average Bonchev–Trinajstić information content (AvgIpc) is 2.52. The van der Waals surface area contributed by atoms with E-state index in [1.807, 2.05) is 60.7 Å². The molecule has 0 atom stereocenters. The molecule has 106 valence electrons. The Kier molecular flexibility index (Phi) is 6.77. The maximum atomic E-state index is 4.84. The van der Waals surface area contributed by atoms with Gasteiger partial charge in [-0.1, -0.05) is 60.7 Å². The molecule has 2 aromatic rings. The van der Waals surface area contributed by atoms with Gasteiger partial charge in [-0.3, -0.25) is 0 Å². The van der Waals surface area contributed by atoms with Crippen LogP contribution in [-0.4, -0.2) is 13.2 Å². The van der Waals surface area contributed by atoms with Crippen LogP contribution >= 0.6 is 0 Å². The van der Waals surface area contributed by atoms with Gasteiger partial charge in [0.15, 0.2) is 0 Å². The van der Waals surface area contributed by atoms with E-state index in [-0.39, 0.29) is 0 Å². The van der Waals surface area contributed by atoms with Crippen molar-refractivity contribution < 1.29 is 19.9 Å². The van der Waals surface area contributed by atoms with Crippen molar-refractivity contribution in [2.45, 2.75) is 12.8 Å². The summed E-state index contributed by atoms with van der Waals surface area (Å²) in [5.41, 5.74) is 2.36. The van der Waals surface area contributed by atoms with E-state index in [9.17, 15) is 0 Å². The summed E-state index contributed by atoms with van der Waals surface area (Å²) in [7, 11) is 0. The molecule has 0 aliphatic rings. The molecular formula is C16H18O4. The van der Waals surface area contributed by atoms with E-state index in [4.69, 9.17) is 9.78 Å². The van der Waals surface area contributed by atoms with Crippen molar-refractivity contribution >= 4 is 0 Å². The van der Waals surface area contributed by atoms with Crippen molar-refractivity contribution in [3.05, 3.63) is 71.8 Å². The van der Waals surface area contributed by atoms with Gasteiger partial charge in [0.05, 0.1) is 13.2 Å². The third-order valence-corrected chi connectivity index (χ3v) is 2.76. The van der Waals surface area contributed by atoms with Gasteiger partial charge in [0.2, 0.25) is 0 Å². The Balaban J connectivity index is 1.44. The summed E-state index contributed by atoms with van der Waals surface area (Å²) in [4.78, 5) is 9.69. The molecule has 20 heavy (non-hydrogen) atoms. The fraction of sp³-hybridized carbons (Fsp3) is 0.250. The van der Waals surface area contributed by atoms with Crippen LogP contribution in [0.5, 0.6) is 0 Å². The van der Waals surface area contributed by atoms with E-state index in [2.05, 4.69) is 10.1 Å². The van der Waals surface area contributed by atoms with Gasteiger partial charge in [-0.25, -0.2) is 9.78 Å². The molecule has 0 aliphatic carbocycles. The molecule has 4 heteroatoms. The Hall–Kier alpha value is -1.72. The lowest BCUT2D eigenvalue weighted by Crippen LogP contribution is -2.04. The predicted molar refractivity (Wildman–Crippen MR) is 74.4 cm³/mol. The van der Waals surface area contributed by atoms with Crippen LogP contribution in [0.25, 0.3) is 0 Å². The smallest absolute Gasteiger partial charge is 0.0895 e. The van der Waals surface area contributed by atoms with E-state index in [0.29, 0.717) is 13.2 Å². The molecule has 0 N–H and O–H groups in total. The van der Waals surface area contributed by atoms with Gasteiger partial charge >= 0.3 is 0 Å². The first-order valence-electron chi connectivity index (χ1n) is 6.61. The van der Waals surface area contributed by atoms with Crippen molar-refractivity contribution in [3.63, 3.8) is 0 Å². The molecule has 0 fully saturated rings. The van der Waals surface area contributed by atoms with Crippen LogP contribution in [0.1, 0.15) is 11.1 Å². The fourth-order valence-corrected chi connectivity index (χ4v) is 1.72. The van der Waals surface area contributed by atoms with E-state index in [1.54, 1.807) is 0 Å². The fourth-order valence-electron chi connectivity index (χ4n) is 1.72. The van der Waals surface area contributed by atoms with Gasteiger partial charge in [-0.15, -0.1) is 0 Å². The summed E-state index contributed by atoms with van der Waals surface area (Å²) >= 11 is 0. The first-order chi connectivity index (χ1) is 9.95. The van der Waals surface area contributed by atoms with Crippen LogP contribution in [0.2, 0.25) is 0 Å². The largest absolute Gasteiger partial charge is 0.203 e. The maximum Gasteiger partial charge on any atom is 0.0895 e. The highest BCUT2D eigenvalue weighted by molar-refractivity contribution is 5.15. The van der Waals surface area contributed by atoms with Gasteiger partial charge in [-0.05, 0) is 34.0 Å². The first-order valence-corrected chi connectivity index (χ1v) is 6.61. The third-order valence-electron chi connectivity index (χ3n) is 2.76. The molecule has 0 saturated heterocycles. The molecule has 0 saturated carbocycles. The molecule has 0 bridgehead atoms. The molecular weight excluding hydrogens is 256 g/mol. The van der Waals surface area contributed by atoms with Crippen LogP contribution in [-0.2, 0) is 32.7 Å². The summed E-state index contributed by atoms with van der Waals surface area (Å²) < 4.78 is 0. The topological polar surface area (TPSA) is 36.9 Å². The molecule has 2 rings (SSSR count). The molecule has 0 aliphatic heterocycles. The van der Waals surface area contributed by atoms with Gasteiger partial charge in [0.25, 0.3) is 0 Å². The molecule has 0 radical (unpaired) electrons. The van der Waals surface area contributed by atoms with Crippen molar-refractivity contribution in [2.24, 2.45) is 0 Å². The normalized spacial score (nSPS) is 10.6. The van der Waals surface area contributed by atoms with E-state index < -0.39 is 0 Å². The predicted octanol–water partition coefficient (Wildman–Crippen LogP) is 3.28. The van der Waals surface area contributed by atoms with Crippen LogP contribution in [0.4, 0.5) is 0 Å². The number of benzene rings is 2. The van der Waals surface area contributed by atoms with Crippen LogP contribution in [0.15, 0.2) is 60.7 Å². The van der Waals surface area contributed by atoms with E-state index in [1.165, 1.54) is 11.1 Å². The Bertz CT molecular complexity index is 413. The number of rotatable bonds is 9. The number of hydrogen-bond donors (Lipinski definition) is 0. The lowest BCUT2D eigenvalue weighted by molar-refractivity contribution is -0.634. The highest BCUT2D eigenvalue weighted by Crippen LogP contribution is 2.01. The van der Waals surface area contributed by atoms with Crippen molar-refractivity contribution in [2.75, 3.05) is 13.2 Å². The molecule has 4 nitrogen and oxygen atoms in total. The number of hydrogen-bond acceptors (Lipinski definition) is 4. The summed E-state index contributed by atoms with van der Waals surface area (Å²) in [6.07, 6.45) is 1.52. The highest BCUT2D eigenvalue weighted by atomic mass is 17.7. The second-order valence-corrected chi connectivity index (χ2v) is 4.25. The zero-order chi connectivity index (χ0) is 13.9. The monoisotopic (exact) mass is 274 g/mol. The van der Waals surface area contributed by atoms with Crippen LogP contribution < -0.4 is 0 Å².